The Balaban J connectivity index is 1.97. The number of carbonyl (C=O) groups excluding carboxylic acids is 1. The van der Waals surface area contributed by atoms with Crippen LogP contribution in [0.25, 0.3) is 0 Å². The van der Waals surface area contributed by atoms with Gasteiger partial charge in [-0.1, -0.05) is 0 Å². The minimum Gasteiger partial charge on any atom is -0.399 e. The number of nitrogen functional groups attached to an aromatic ring is 1. The monoisotopic (exact) mass is 271 g/mol. The summed E-state index contributed by atoms with van der Waals surface area (Å²) in [4.78, 5) is 14.8. The molecule has 0 aliphatic heterocycles. The summed E-state index contributed by atoms with van der Waals surface area (Å²) in [5, 5.41) is 0. The van der Waals surface area contributed by atoms with E-state index in [2.05, 4.69) is 6.07 Å². The predicted molar refractivity (Wildman–Crippen MR) is 80.0 cm³/mol. The average molecular weight is 271 g/mol. The summed E-state index contributed by atoms with van der Waals surface area (Å²) in [6, 6.07) is 7.59. The maximum absolute atomic E-state index is 12.6. The predicted octanol–water partition coefficient (Wildman–Crippen LogP) is 3.75. The van der Waals surface area contributed by atoms with Gasteiger partial charge >= 0.3 is 0 Å². The van der Waals surface area contributed by atoms with E-state index in [1.807, 2.05) is 19.1 Å². The molecule has 2 N–H and O–H groups in total. The minimum atomic E-state index is 0.136. The lowest BCUT2D eigenvalue weighted by molar-refractivity contribution is 0.104. The average Bonchev–Trinajstić information content (AvgIpc) is 2.81. The van der Waals surface area contributed by atoms with Crippen molar-refractivity contribution in [3.63, 3.8) is 0 Å². The third-order valence-corrected chi connectivity index (χ3v) is 4.95. The van der Waals surface area contributed by atoms with Gasteiger partial charge in [0.05, 0.1) is 4.88 Å². The fourth-order valence-corrected chi connectivity index (χ4v) is 3.88. The first-order valence-electron chi connectivity index (χ1n) is 6.67. The second kappa shape index (κ2) is 4.82. The number of hydrogen-bond acceptors (Lipinski definition) is 3. The SMILES string of the molecule is Cc1cc(N)ccc1C(=O)c1cc2c(s1)CCCC2. The number of hydrogen-bond donors (Lipinski definition) is 1. The van der Waals surface area contributed by atoms with Gasteiger partial charge in [-0.3, -0.25) is 4.79 Å². The molecule has 19 heavy (non-hydrogen) atoms. The Hall–Kier alpha value is -1.61. The Morgan fingerprint density at radius 1 is 1.21 bits per heavy atom. The lowest BCUT2D eigenvalue weighted by Gasteiger charge is -2.08. The quantitative estimate of drug-likeness (QED) is 0.667. The Kier molecular flexibility index (Phi) is 3.15. The topological polar surface area (TPSA) is 43.1 Å². The third kappa shape index (κ3) is 2.30. The molecule has 1 aliphatic carbocycles. The summed E-state index contributed by atoms with van der Waals surface area (Å²) in [5.74, 6) is 0.136. The smallest absolute Gasteiger partial charge is 0.203 e. The van der Waals surface area contributed by atoms with Crippen LogP contribution in [-0.4, -0.2) is 5.78 Å². The van der Waals surface area contributed by atoms with Crippen molar-refractivity contribution in [3.8, 4) is 0 Å². The zero-order valence-corrected chi connectivity index (χ0v) is 11.8. The standard InChI is InChI=1S/C16H17NOS/c1-10-8-12(17)6-7-13(10)16(18)15-9-11-4-2-3-5-14(11)19-15/h6-9H,2-5,17H2,1H3. The number of anilines is 1. The molecular weight excluding hydrogens is 254 g/mol. The van der Waals surface area contributed by atoms with Crippen LogP contribution in [0.15, 0.2) is 24.3 Å². The number of fused-ring (bicyclic) bond motifs is 1. The van der Waals surface area contributed by atoms with Crippen molar-refractivity contribution in [2.75, 3.05) is 5.73 Å². The molecule has 98 valence electrons. The Labute approximate surface area is 117 Å². The number of ketones is 1. The van der Waals surface area contributed by atoms with Crippen molar-refractivity contribution in [1.82, 2.24) is 0 Å². The van der Waals surface area contributed by atoms with Crippen LogP contribution < -0.4 is 5.73 Å². The van der Waals surface area contributed by atoms with Crippen molar-refractivity contribution in [2.24, 2.45) is 0 Å². The lowest BCUT2D eigenvalue weighted by Crippen LogP contribution is -2.02. The molecule has 2 nitrogen and oxygen atoms in total. The molecule has 0 spiro atoms. The summed E-state index contributed by atoms with van der Waals surface area (Å²) in [5.41, 5.74) is 9.55. The van der Waals surface area contributed by atoms with E-state index in [-0.39, 0.29) is 5.78 Å². The van der Waals surface area contributed by atoms with E-state index in [4.69, 9.17) is 5.73 Å². The summed E-state index contributed by atoms with van der Waals surface area (Å²) in [7, 11) is 0. The second-order valence-electron chi connectivity index (χ2n) is 5.17. The molecule has 3 rings (SSSR count). The second-order valence-corrected chi connectivity index (χ2v) is 6.31. The highest BCUT2D eigenvalue weighted by molar-refractivity contribution is 7.14. The molecule has 0 saturated heterocycles. The molecular formula is C16H17NOS. The van der Waals surface area contributed by atoms with E-state index in [0.29, 0.717) is 5.69 Å². The molecule has 0 radical (unpaired) electrons. The maximum Gasteiger partial charge on any atom is 0.203 e. The maximum atomic E-state index is 12.6. The number of carbonyl (C=O) groups is 1. The van der Waals surface area contributed by atoms with Crippen LogP contribution in [0, 0.1) is 6.92 Å². The van der Waals surface area contributed by atoms with Gasteiger partial charge in [0.25, 0.3) is 0 Å². The van der Waals surface area contributed by atoms with Gasteiger partial charge in [-0.05, 0) is 68.0 Å². The van der Waals surface area contributed by atoms with Gasteiger partial charge in [0, 0.05) is 16.1 Å². The molecule has 1 aliphatic rings. The third-order valence-electron chi connectivity index (χ3n) is 3.72. The van der Waals surface area contributed by atoms with Crippen molar-refractivity contribution >= 4 is 22.8 Å². The minimum absolute atomic E-state index is 0.136. The first-order valence-corrected chi connectivity index (χ1v) is 7.49. The highest BCUT2D eigenvalue weighted by Crippen LogP contribution is 2.31. The number of rotatable bonds is 2. The van der Waals surface area contributed by atoms with Crippen molar-refractivity contribution in [3.05, 3.63) is 50.7 Å². The molecule has 3 heteroatoms. The normalized spacial score (nSPS) is 14.2. The first kappa shape index (κ1) is 12.4. The van der Waals surface area contributed by atoms with Crippen LogP contribution in [0.4, 0.5) is 5.69 Å². The van der Waals surface area contributed by atoms with Crippen molar-refractivity contribution in [1.29, 1.82) is 0 Å². The fraction of sp³-hybridized carbons (Fsp3) is 0.312. The number of benzene rings is 1. The largest absolute Gasteiger partial charge is 0.399 e. The van der Waals surface area contributed by atoms with Crippen LogP contribution in [0.3, 0.4) is 0 Å². The van der Waals surface area contributed by atoms with Gasteiger partial charge in [-0.15, -0.1) is 11.3 Å². The van der Waals surface area contributed by atoms with Crippen LogP contribution in [0.2, 0.25) is 0 Å². The van der Waals surface area contributed by atoms with E-state index in [0.717, 1.165) is 28.8 Å². The lowest BCUT2D eigenvalue weighted by atomic mass is 9.98. The van der Waals surface area contributed by atoms with Gasteiger partial charge in [0.2, 0.25) is 5.78 Å². The van der Waals surface area contributed by atoms with Crippen LogP contribution in [0.1, 0.15) is 44.1 Å². The highest BCUT2D eigenvalue weighted by Gasteiger charge is 2.19. The van der Waals surface area contributed by atoms with Crippen LogP contribution in [-0.2, 0) is 12.8 Å². The zero-order valence-electron chi connectivity index (χ0n) is 11.0. The van der Waals surface area contributed by atoms with E-state index >= 15 is 0 Å². The van der Waals surface area contributed by atoms with Gasteiger partial charge < -0.3 is 5.73 Å². The highest BCUT2D eigenvalue weighted by atomic mass is 32.1. The fourth-order valence-electron chi connectivity index (χ4n) is 2.68. The van der Waals surface area contributed by atoms with Crippen molar-refractivity contribution < 1.29 is 4.79 Å². The molecule has 0 amide bonds. The van der Waals surface area contributed by atoms with Crippen molar-refractivity contribution in [2.45, 2.75) is 32.6 Å². The summed E-state index contributed by atoms with van der Waals surface area (Å²) in [6.07, 6.45) is 4.76. The molecule has 0 saturated carbocycles. The van der Waals surface area contributed by atoms with Gasteiger partial charge in [0.15, 0.2) is 0 Å². The zero-order chi connectivity index (χ0) is 13.4. The Morgan fingerprint density at radius 2 is 2.00 bits per heavy atom. The van der Waals surface area contributed by atoms with Gasteiger partial charge in [-0.25, -0.2) is 0 Å². The molecule has 0 fully saturated rings. The van der Waals surface area contributed by atoms with Gasteiger partial charge in [-0.2, -0.15) is 0 Å². The van der Waals surface area contributed by atoms with Crippen LogP contribution in [0.5, 0.6) is 0 Å². The molecule has 1 aromatic carbocycles. The molecule has 1 aromatic heterocycles. The van der Waals surface area contributed by atoms with E-state index in [1.165, 1.54) is 23.3 Å². The molecule has 1 heterocycles. The first-order chi connectivity index (χ1) is 9.15. The molecule has 0 unspecified atom stereocenters. The summed E-state index contributed by atoms with van der Waals surface area (Å²) >= 11 is 1.67. The van der Waals surface area contributed by atoms with E-state index in [9.17, 15) is 4.79 Å². The molecule has 0 bridgehead atoms. The summed E-state index contributed by atoms with van der Waals surface area (Å²) < 4.78 is 0. The Morgan fingerprint density at radius 3 is 2.74 bits per heavy atom. The number of nitrogens with two attached hydrogens (primary N) is 1. The Bertz CT molecular complexity index is 619. The van der Waals surface area contributed by atoms with Gasteiger partial charge in [0.1, 0.15) is 0 Å². The van der Waals surface area contributed by atoms with E-state index < -0.39 is 0 Å². The molecule has 0 atom stereocenters. The van der Waals surface area contributed by atoms with E-state index in [1.54, 1.807) is 17.4 Å². The number of aryl methyl sites for hydroxylation is 3. The summed E-state index contributed by atoms with van der Waals surface area (Å²) in [6.45, 7) is 1.94. The molecule has 2 aromatic rings. The van der Waals surface area contributed by atoms with Crippen LogP contribution >= 0.6 is 11.3 Å². The number of thiophene rings is 1.